The molecule has 1 aliphatic carbocycles. The first-order valence-corrected chi connectivity index (χ1v) is 14.5. The molecule has 208 valence electrons. The molecule has 0 spiro atoms. The number of phenolic OH excluding ortho intramolecular Hbond substituents is 2. The molecule has 4 N–H and O–H groups in total. The van der Waals surface area contributed by atoms with Crippen LogP contribution in [0.5, 0.6) is 17.2 Å². The molecule has 1 aliphatic heterocycles. The summed E-state index contributed by atoms with van der Waals surface area (Å²) < 4.78 is 6.07. The Morgan fingerprint density at radius 2 is 1.54 bits per heavy atom. The van der Waals surface area contributed by atoms with Gasteiger partial charge in [0.1, 0.15) is 23.9 Å². The van der Waals surface area contributed by atoms with Gasteiger partial charge in [-0.05, 0) is 83.7 Å². The van der Waals surface area contributed by atoms with Crippen molar-refractivity contribution in [3.8, 4) is 28.4 Å². The molecule has 0 radical (unpaired) electrons. The molecule has 5 rings (SSSR count). The van der Waals surface area contributed by atoms with Gasteiger partial charge in [0.15, 0.2) is 0 Å². The average molecular weight is 530 g/mol. The van der Waals surface area contributed by atoms with Crippen molar-refractivity contribution in [1.82, 2.24) is 9.80 Å². The maximum atomic E-state index is 10.9. The minimum absolute atomic E-state index is 0.0723. The summed E-state index contributed by atoms with van der Waals surface area (Å²) >= 11 is 0. The number of phenols is 2. The Morgan fingerprint density at radius 3 is 2.28 bits per heavy atom. The lowest BCUT2D eigenvalue weighted by Crippen LogP contribution is -2.48. The van der Waals surface area contributed by atoms with Crippen LogP contribution in [0.1, 0.15) is 48.9 Å². The molecular formula is C33H43N3O3. The Bertz CT molecular complexity index is 1260. The van der Waals surface area contributed by atoms with Crippen LogP contribution in [0, 0.1) is 5.92 Å². The number of aryl methyl sites for hydroxylation is 1. The smallest absolute Gasteiger partial charge is 0.138 e. The van der Waals surface area contributed by atoms with Crippen molar-refractivity contribution >= 4 is 5.69 Å². The van der Waals surface area contributed by atoms with Crippen molar-refractivity contribution in [3.63, 3.8) is 0 Å². The molecule has 0 aromatic heterocycles. The minimum Gasteiger partial charge on any atom is -0.507 e. The van der Waals surface area contributed by atoms with E-state index in [9.17, 15) is 10.2 Å². The highest BCUT2D eigenvalue weighted by Crippen LogP contribution is 2.43. The Hall–Kier alpha value is -3.22. The molecule has 6 nitrogen and oxygen atoms in total. The fourth-order valence-corrected chi connectivity index (χ4v) is 6.11. The molecule has 0 bridgehead atoms. The number of fused-ring (bicyclic) bond motifs is 1. The molecule has 6 heteroatoms. The summed E-state index contributed by atoms with van der Waals surface area (Å²) in [7, 11) is 0. The van der Waals surface area contributed by atoms with Gasteiger partial charge in [-0.3, -0.25) is 4.90 Å². The van der Waals surface area contributed by atoms with Crippen molar-refractivity contribution in [1.29, 1.82) is 0 Å². The second kappa shape index (κ2) is 12.3. The molecule has 3 aromatic carbocycles. The van der Waals surface area contributed by atoms with Gasteiger partial charge < -0.3 is 25.6 Å². The predicted molar refractivity (Wildman–Crippen MR) is 159 cm³/mol. The lowest BCUT2D eigenvalue weighted by atomic mass is 9.83. The summed E-state index contributed by atoms with van der Waals surface area (Å²) in [6.45, 7) is 11.8. The van der Waals surface area contributed by atoms with E-state index in [0.717, 1.165) is 80.0 Å². The van der Waals surface area contributed by atoms with Gasteiger partial charge in [0.25, 0.3) is 0 Å². The van der Waals surface area contributed by atoms with E-state index in [1.54, 1.807) is 12.1 Å². The van der Waals surface area contributed by atoms with Gasteiger partial charge in [0, 0.05) is 51.3 Å². The summed E-state index contributed by atoms with van der Waals surface area (Å²) in [5, 5.41) is 21.4. The second-order valence-corrected chi connectivity index (χ2v) is 11.5. The maximum Gasteiger partial charge on any atom is 0.138 e. The van der Waals surface area contributed by atoms with Gasteiger partial charge in [-0.2, -0.15) is 0 Å². The predicted octanol–water partition coefficient (Wildman–Crippen LogP) is 5.47. The van der Waals surface area contributed by atoms with E-state index >= 15 is 0 Å². The van der Waals surface area contributed by atoms with E-state index in [2.05, 4.69) is 35.8 Å². The molecule has 39 heavy (non-hydrogen) atoms. The quantitative estimate of drug-likeness (QED) is 0.252. The molecule has 2 aliphatic rings. The van der Waals surface area contributed by atoms with E-state index in [4.69, 9.17) is 10.5 Å². The van der Waals surface area contributed by atoms with Crippen LogP contribution in [0.15, 0.2) is 48.5 Å². The number of aromatic hydroxyl groups is 2. The van der Waals surface area contributed by atoms with Crippen LogP contribution in [0.25, 0.3) is 11.1 Å². The molecule has 1 fully saturated rings. The van der Waals surface area contributed by atoms with Crippen LogP contribution < -0.4 is 10.5 Å². The van der Waals surface area contributed by atoms with Crippen LogP contribution >= 0.6 is 0 Å². The van der Waals surface area contributed by atoms with Gasteiger partial charge in [0.2, 0.25) is 0 Å². The molecular weight excluding hydrogens is 486 g/mol. The van der Waals surface area contributed by atoms with Crippen molar-refractivity contribution in [2.45, 2.75) is 46.0 Å². The molecule has 0 unspecified atom stereocenters. The van der Waals surface area contributed by atoms with Crippen LogP contribution in [-0.4, -0.2) is 65.9 Å². The zero-order chi connectivity index (χ0) is 27.4. The highest BCUT2D eigenvalue weighted by molar-refractivity contribution is 5.83. The number of nitrogens with zero attached hydrogens (tertiary/aromatic N) is 2. The number of hydrogen-bond donors (Lipinski definition) is 3. The normalized spacial score (nSPS) is 16.4. The van der Waals surface area contributed by atoms with Crippen molar-refractivity contribution < 1.29 is 14.9 Å². The summed E-state index contributed by atoms with van der Waals surface area (Å²) in [5.74, 6) is 1.92. The van der Waals surface area contributed by atoms with Crippen molar-refractivity contribution in [2.75, 3.05) is 51.6 Å². The zero-order valence-electron chi connectivity index (χ0n) is 23.5. The monoisotopic (exact) mass is 529 g/mol. The van der Waals surface area contributed by atoms with Crippen LogP contribution in [0.4, 0.5) is 5.69 Å². The Morgan fingerprint density at radius 1 is 0.846 bits per heavy atom. The first kappa shape index (κ1) is 27.4. The standard InChI is InChI=1S/C33H43N3O3/c1-23(2)22-36-17-15-35(16-18-36)19-20-39-26-10-7-24(8-11-26)21-29-28(12-14-31(38)33(29)34)32-27-6-4-3-5-25(27)9-13-30(32)37/h7-14,23,37-38H,3-6,15-22,34H2,1-2H3. The topological polar surface area (TPSA) is 82.2 Å². The number of hydrogen-bond acceptors (Lipinski definition) is 6. The Labute approximate surface area is 233 Å². The lowest BCUT2D eigenvalue weighted by Gasteiger charge is -2.35. The zero-order valence-corrected chi connectivity index (χ0v) is 23.5. The lowest BCUT2D eigenvalue weighted by molar-refractivity contribution is 0.109. The first-order valence-electron chi connectivity index (χ1n) is 14.5. The van der Waals surface area contributed by atoms with E-state index in [1.165, 1.54) is 24.1 Å². The molecule has 0 saturated carbocycles. The van der Waals surface area contributed by atoms with Gasteiger partial charge >= 0.3 is 0 Å². The number of benzene rings is 3. The van der Waals surface area contributed by atoms with E-state index < -0.39 is 0 Å². The molecule has 0 atom stereocenters. The van der Waals surface area contributed by atoms with Crippen LogP contribution in [-0.2, 0) is 19.3 Å². The number of rotatable bonds is 9. The largest absolute Gasteiger partial charge is 0.507 e. The summed E-state index contributed by atoms with van der Waals surface area (Å²) in [4.78, 5) is 5.04. The number of nitrogen functional groups attached to an aromatic ring is 1. The summed E-state index contributed by atoms with van der Waals surface area (Å²) in [6, 6.07) is 15.5. The molecule has 1 heterocycles. The number of nitrogens with two attached hydrogens (primary N) is 1. The van der Waals surface area contributed by atoms with Crippen LogP contribution in [0.3, 0.4) is 0 Å². The van der Waals surface area contributed by atoms with Gasteiger partial charge in [-0.15, -0.1) is 0 Å². The highest BCUT2D eigenvalue weighted by Gasteiger charge is 2.22. The number of ether oxygens (including phenoxy) is 1. The maximum absolute atomic E-state index is 10.9. The van der Waals surface area contributed by atoms with Gasteiger partial charge in [0.05, 0.1) is 5.69 Å². The third-order valence-electron chi connectivity index (χ3n) is 8.18. The third kappa shape index (κ3) is 6.51. The van der Waals surface area contributed by atoms with E-state index in [0.29, 0.717) is 24.6 Å². The molecule has 0 amide bonds. The third-order valence-corrected chi connectivity index (χ3v) is 8.18. The molecule has 3 aromatic rings. The fraction of sp³-hybridized carbons (Fsp3) is 0.455. The minimum atomic E-state index is 0.0723. The summed E-state index contributed by atoms with van der Waals surface area (Å²) in [6.07, 6.45) is 4.81. The highest BCUT2D eigenvalue weighted by atomic mass is 16.5. The average Bonchev–Trinajstić information content (AvgIpc) is 2.93. The van der Waals surface area contributed by atoms with Gasteiger partial charge in [-0.1, -0.05) is 38.1 Å². The van der Waals surface area contributed by atoms with Gasteiger partial charge in [-0.25, -0.2) is 0 Å². The Kier molecular flexibility index (Phi) is 8.63. The fourth-order valence-electron chi connectivity index (χ4n) is 6.11. The van der Waals surface area contributed by atoms with Crippen LogP contribution in [0.2, 0.25) is 0 Å². The first-order chi connectivity index (χ1) is 18.9. The molecule has 1 saturated heterocycles. The van der Waals surface area contributed by atoms with E-state index in [-0.39, 0.29) is 11.5 Å². The Balaban J connectivity index is 1.25. The van der Waals surface area contributed by atoms with E-state index in [1.807, 2.05) is 24.3 Å². The summed E-state index contributed by atoms with van der Waals surface area (Å²) in [5.41, 5.74) is 13.0. The van der Waals surface area contributed by atoms with Crippen molar-refractivity contribution in [2.24, 2.45) is 5.92 Å². The number of anilines is 1. The number of piperazine rings is 1. The second-order valence-electron chi connectivity index (χ2n) is 11.5. The SMILES string of the molecule is CC(C)CN1CCN(CCOc2ccc(Cc3c(-c4c(O)ccc5c4CCCC5)ccc(O)c3N)cc2)CC1. The van der Waals surface area contributed by atoms with Crippen molar-refractivity contribution in [3.05, 3.63) is 70.8 Å².